The van der Waals surface area contributed by atoms with E-state index in [9.17, 15) is 5.26 Å². The molecule has 0 bridgehead atoms. The monoisotopic (exact) mass is 713 g/mol. The summed E-state index contributed by atoms with van der Waals surface area (Å²) in [7, 11) is 0. The highest BCUT2D eigenvalue weighted by molar-refractivity contribution is 6.17. The average Bonchev–Trinajstić information content (AvgIpc) is 3.90. The van der Waals surface area contributed by atoms with E-state index in [1.807, 2.05) is 31.2 Å². The van der Waals surface area contributed by atoms with E-state index in [1.54, 1.807) is 0 Å². The summed E-state index contributed by atoms with van der Waals surface area (Å²) in [5.41, 5.74) is 13.7. The molecular weight excluding hydrogens is 683 g/mol. The lowest BCUT2D eigenvalue weighted by molar-refractivity contribution is 1.14. The molecule has 0 saturated carbocycles. The van der Waals surface area contributed by atoms with Gasteiger partial charge in [0.1, 0.15) is 6.07 Å². The summed E-state index contributed by atoms with van der Waals surface area (Å²) in [6, 6.07) is 61.9. The van der Waals surface area contributed by atoms with Gasteiger partial charge in [-0.15, -0.1) is 0 Å². The van der Waals surface area contributed by atoms with Crippen LogP contribution in [0.15, 0.2) is 170 Å². The van der Waals surface area contributed by atoms with Gasteiger partial charge in [0.15, 0.2) is 5.69 Å². The van der Waals surface area contributed by atoms with Crippen LogP contribution in [0.1, 0.15) is 11.1 Å². The molecule has 0 aliphatic carbocycles. The number of nitrogens with zero attached hydrogens (tertiary/aromatic N) is 5. The number of benzene rings is 8. The first-order chi connectivity index (χ1) is 27.7. The zero-order chi connectivity index (χ0) is 37.5. The van der Waals surface area contributed by atoms with Gasteiger partial charge in [0, 0.05) is 38.1 Å². The molecule has 0 unspecified atom stereocenters. The quantitative estimate of drug-likeness (QED) is 0.167. The molecule has 11 rings (SSSR count). The SMILES string of the molecule is [C-]#[N+]c1cccc2c1c1ccccc1n2-c1ccc(-c2ccc(-n3c4ccccc4c4c(-n5c6ccccc6c6ccccc65)cccc43)cc2)c(C#N)c1C. The molecule has 5 heteroatoms. The fourth-order valence-corrected chi connectivity index (χ4v) is 9.12. The molecular formula is C51H31N5. The van der Waals surface area contributed by atoms with Crippen LogP contribution in [-0.2, 0) is 0 Å². The van der Waals surface area contributed by atoms with Crippen LogP contribution < -0.4 is 0 Å². The first-order valence-corrected chi connectivity index (χ1v) is 18.7. The summed E-state index contributed by atoms with van der Waals surface area (Å²) in [5, 5.41) is 17.5. The Balaban J connectivity index is 1.06. The van der Waals surface area contributed by atoms with Crippen molar-refractivity contribution in [2.45, 2.75) is 6.92 Å². The number of para-hydroxylation sites is 4. The van der Waals surface area contributed by atoms with Crippen molar-refractivity contribution >= 4 is 71.1 Å². The molecule has 0 spiro atoms. The van der Waals surface area contributed by atoms with Gasteiger partial charge in [-0.25, -0.2) is 4.85 Å². The average molecular weight is 714 g/mol. The second-order valence-corrected chi connectivity index (χ2v) is 14.3. The summed E-state index contributed by atoms with van der Waals surface area (Å²) in [6.07, 6.45) is 0. The smallest absolute Gasteiger partial charge is 0.197 e. The molecule has 8 aromatic carbocycles. The maximum absolute atomic E-state index is 10.7. The Kier molecular flexibility index (Phi) is 6.83. The van der Waals surface area contributed by atoms with Crippen molar-refractivity contribution in [1.29, 1.82) is 5.26 Å². The van der Waals surface area contributed by atoms with Crippen LogP contribution in [0.5, 0.6) is 0 Å². The summed E-state index contributed by atoms with van der Waals surface area (Å²) in [4.78, 5) is 3.84. The number of hydrogen-bond acceptors (Lipinski definition) is 1. The molecule has 0 atom stereocenters. The summed E-state index contributed by atoms with van der Waals surface area (Å²) < 4.78 is 6.95. The molecule has 56 heavy (non-hydrogen) atoms. The fourth-order valence-electron chi connectivity index (χ4n) is 9.12. The summed E-state index contributed by atoms with van der Waals surface area (Å²) >= 11 is 0. The van der Waals surface area contributed by atoms with Crippen LogP contribution in [0.2, 0.25) is 0 Å². The Bertz CT molecular complexity index is 3450. The highest BCUT2D eigenvalue weighted by Gasteiger charge is 2.21. The molecule has 5 nitrogen and oxygen atoms in total. The van der Waals surface area contributed by atoms with Crippen LogP contribution in [-0.4, -0.2) is 13.7 Å². The van der Waals surface area contributed by atoms with Gasteiger partial charge in [0.25, 0.3) is 0 Å². The van der Waals surface area contributed by atoms with Crippen LogP contribution in [0.25, 0.3) is 98.5 Å². The highest BCUT2D eigenvalue weighted by atomic mass is 15.0. The molecule has 260 valence electrons. The normalized spacial score (nSPS) is 11.6. The van der Waals surface area contributed by atoms with Gasteiger partial charge < -0.3 is 13.7 Å². The lowest BCUT2D eigenvalue weighted by atomic mass is 9.95. The number of nitriles is 1. The highest BCUT2D eigenvalue weighted by Crippen LogP contribution is 2.42. The van der Waals surface area contributed by atoms with Crippen molar-refractivity contribution in [2.24, 2.45) is 0 Å². The fraction of sp³-hybridized carbons (Fsp3) is 0.0196. The molecule has 0 radical (unpaired) electrons. The number of fused-ring (bicyclic) bond motifs is 9. The minimum atomic E-state index is 0.624. The van der Waals surface area contributed by atoms with Crippen molar-refractivity contribution in [3.8, 4) is 34.3 Å². The third kappa shape index (κ3) is 4.34. The van der Waals surface area contributed by atoms with E-state index in [0.717, 1.165) is 66.6 Å². The van der Waals surface area contributed by atoms with Gasteiger partial charge in [0.05, 0.1) is 51.1 Å². The van der Waals surface area contributed by atoms with E-state index in [2.05, 4.69) is 170 Å². The van der Waals surface area contributed by atoms with E-state index < -0.39 is 0 Å². The Labute approximate surface area is 322 Å². The van der Waals surface area contributed by atoms with E-state index in [-0.39, 0.29) is 0 Å². The molecule has 11 aromatic rings. The Morgan fingerprint density at radius 3 is 1.59 bits per heavy atom. The number of aromatic nitrogens is 3. The van der Waals surface area contributed by atoms with Gasteiger partial charge in [-0.1, -0.05) is 109 Å². The Hall–Kier alpha value is -7.86. The zero-order valence-corrected chi connectivity index (χ0v) is 30.4. The third-order valence-electron chi connectivity index (χ3n) is 11.5. The Morgan fingerprint density at radius 1 is 0.464 bits per heavy atom. The molecule has 0 fully saturated rings. The number of hydrogen-bond donors (Lipinski definition) is 0. The van der Waals surface area contributed by atoms with Crippen LogP contribution in [0, 0.1) is 24.8 Å². The molecule has 0 aliphatic heterocycles. The van der Waals surface area contributed by atoms with Crippen molar-refractivity contribution in [3.63, 3.8) is 0 Å². The minimum Gasteiger partial charge on any atom is -0.310 e. The second-order valence-electron chi connectivity index (χ2n) is 14.3. The van der Waals surface area contributed by atoms with Gasteiger partial charge in [-0.2, -0.15) is 5.26 Å². The molecule has 0 aliphatic rings. The van der Waals surface area contributed by atoms with Crippen molar-refractivity contribution in [1.82, 2.24) is 13.7 Å². The standard InChI is InChI=1S/C51H31N5/c1-32-40(31-52)35(29-30-42(32)55-46-21-10-5-15-38(46)50-41(53-2)17-11-22-47(50)55)33-25-27-34(28-26-33)54-45-20-9-6-16-39(45)51-48(54)23-12-24-49(51)56-43-18-7-3-13-36(43)37-14-4-8-19-44(37)56/h3-30H,1H3. The van der Waals surface area contributed by atoms with E-state index in [1.165, 1.54) is 32.6 Å². The van der Waals surface area contributed by atoms with Crippen molar-refractivity contribution in [3.05, 3.63) is 192 Å². The zero-order valence-electron chi connectivity index (χ0n) is 30.4. The lowest BCUT2D eigenvalue weighted by Crippen LogP contribution is -2.01. The van der Waals surface area contributed by atoms with Crippen LogP contribution in [0.4, 0.5) is 5.69 Å². The van der Waals surface area contributed by atoms with E-state index in [4.69, 9.17) is 6.57 Å². The predicted molar refractivity (Wildman–Crippen MR) is 231 cm³/mol. The topological polar surface area (TPSA) is 42.9 Å². The third-order valence-corrected chi connectivity index (χ3v) is 11.5. The van der Waals surface area contributed by atoms with Gasteiger partial charge >= 0.3 is 0 Å². The summed E-state index contributed by atoms with van der Waals surface area (Å²) in [6.45, 7) is 9.87. The second kappa shape index (κ2) is 12.1. The molecule has 0 amide bonds. The van der Waals surface area contributed by atoms with Gasteiger partial charge in [0.2, 0.25) is 0 Å². The number of rotatable bonds is 4. The maximum Gasteiger partial charge on any atom is 0.197 e. The maximum atomic E-state index is 10.7. The first kappa shape index (κ1) is 31.6. The first-order valence-electron chi connectivity index (χ1n) is 18.7. The molecule has 3 aromatic heterocycles. The van der Waals surface area contributed by atoms with E-state index in [0.29, 0.717) is 11.3 Å². The minimum absolute atomic E-state index is 0.624. The largest absolute Gasteiger partial charge is 0.310 e. The van der Waals surface area contributed by atoms with Crippen LogP contribution >= 0.6 is 0 Å². The van der Waals surface area contributed by atoms with E-state index >= 15 is 0 Å². The Morgan fingerprint density at radius 2 is 0.964 bits per heavy atom. The van der Waals surface area contributed by atoms with Crippen molar-refractivity contribution < 1.29 is 0 Å². The summed E-state index contributed by atoms with van der Waals surface area (Å²) in [5.74, 6) is 0. The van der Waals surface area contributed by atoms with Crippen LogP contribution in [0.3, 0.4) is 0 Å². The van der Waals surface area contributed by atoms with Crippen molar-refractivity contribution in [2.75, 3.05) is 0 Å². The predicted octanol–water partition coefficient (Wildman–Crippen LogP) is 13.4. The van der Waals surface area contributed by atoms with Gasteiger partial charge in [-0.3, -0.25) is 0 Å². The van der Waals surface area contributed by atoms with Gasteiger partial charge in [-0.05, 0) is 89.7 Å². The molecule has 0 saturated heterocycles. The lowest BCUT2D eigenvalue weighted by Gasteiger charge is -2.16. The molecule has 0 N–H and O–H groups in total. The molecule has 3 heterocycles.